The lowest BCUT2D eigenvalue weighted by Gasteiger charge is -2.38. The standard InChI is InChI=1S/C12H20N6O/c1-3-9-8-18(5-4-17(9)2)12(19)10-6-15-11(16-13)7-14-10/h6-7,9H,3-5,8,13H2,1-2H3,(H,15,16). The van der Waals surface area contributed by atoms with Gasteiger partial charge in [-0.2, -0.15) is 0 Å². The number of carbonyl (C=O) groups excluding carboxylic acids is 1. The molecule has 1 amide bonds. The number of nitrogen functional groups attached to an aromatic ring is 1. The number of likely N-dealkylation sites (N-methyl/N-ethyl adjacent to an activating group) is 1. The Morgan fingerprint density at radius 3 is 2.84 bits per heavy atom. The van der Waals surface area contributed by atoms with Crippen molar-refractivity contribution in [1.82, 2.24) is 19.8 Å². The summed E-state index contributed by atoms with van der Waals surface area (Å²) in [6.07, 6.45) is 3.94. The third kappa shape index (κ3) is 2.99. The molecule has 104 valence electrons. The first kappa shape index (κ1) is 13.7. The lowest BCUT2D eigenvalue weighted by molar-refractivity contribution is 0.0536. The molecule has 2 heterocycles. The molecule has 0 saturated carbocycles. The number of hydrazine groups is 1. The molecule has 2 rings (SSSR count). The average Bonchev–Trinajstić information content (AvgIpc) is 2.47. The van der Waals surface area contributed by atoms with Crippen LogP contribution in [0.1, 0.15) is 23.8 Å². The first-order chi connectivity index (χ1) is 9.15. The molecule has 3 N–H and O–H groups in total. The highest BCUT2D eigenvalue weighted by Gasteiger charge is 2.27. The van der Waals surface area contributed by atoms with E-state index in [2.05, 4.69) is 34.3 Å². The van der Waals surface area contributed by atoms with Crippen molar-refractivity contribution in [3.8, 4) is 0 Å². The molecular formula is C12H20N6O. The monoisotopic (exact) mass is 264 g/mol. The third-order valence-electron chi connectivity index (χ3n) is 3.55. The van der Waals surface area contributed by atoms with Crippen LogP contribution < -0.4 is 11.3 Å². The molecule has 0 radical (unpaired) electrons. The molecule has 1 fully saturated rings. The molecule has 1 aliphatic heterocycles. The number of aromatic nitrogens is 2. The van der Waals surface area contributed by atoms with Crippen molar-refractivity contribution in [2.45, 2.75) is 19.4 Å². The summed E-state index contributed by atoms with van der Waals surface area (Å²) in [6, 6.07) is 0.413. The second kappa shape index (κ2) is 5.94. The van der Waals surface area contributed by atoms with Crippen LogP contribution in [0.25, 0.3) is 0 Å². The largest absolute Gasteiger partial charge is 0.334 e. The van der Waals surface area contributed by atoms with E-state index >= 15 is 0 Å². The second-order valence-corrected chi connectivity index (χ2v) is 4.73. The number of carbonyl (C=O) groups is 1. The zero-order chi connectivity index (χ0) is 13.8. The van der Waals surface area contributed by atoms with Crippen LogP contribution in [0.4, 0.5) is 5.82 Å². The van der Waals surface area contributed by atoms with Crippen LogP contribution in [0, 0.1) is 0 Å². The van der Waals surface area contributed by atoms with Gasteiger partial charge in [0.05, 0.1) is 12.4 Å². The van der Waals surface area contributed by atoms with Crippen molar-refractivity contribution in [3.63, 3.8) is 0 Å². The van der Waals surface area contributed by atoms with E-state index in [0.717, 1.165) is 26.1 Å². The Kier molecular flexibility index (Phi) is 4.28. The number of rotatable bonds is 3. The SMILES string of the molecule is CCC1CN(C(=O)c2cnc(NN)cn2)CCN1C. The van der Waals surface area contributed by atoms with Crippen molar-refractivity contribution < 1.29 is 4.79 Å². The summed E-state index contributed by atoms with van der Waals surface area (Å²) in [4.78, 5) is 24.5. The number of hydrogen-bond donors (Lipinski definition) is 2. The molecule has 0 spiro atoms. The van der Waals surface area contributed by atoms with Gasteiger partial charge in [0.25, 0.3) is 5.91 Å². The van der Waals surface area contributed by atoms with E-state index in [1.165, 1.54) is 12.4 Å². The Hall–Kier alpha value is -1.73. The molecular weight excluding hydrogens is 244 g/mol. The molecule has 7 nitrogen and oxygen atoms in total. The predicted molar refractivity (Wildman–Crippen MR) is 72.5 cm³/mol. The Morgan fingerprint density at radius 1 is 1.47 bits per heavy atom. The van der Waals surface area contributed by atoms with Gasteiger partial charge in [0.2, 0.25) is 0 Å². The highest BCUT2D eigenvalue weighted by molar-refractivity contribution is 5.92. The van der Waals surface area contributed by atoms with Crippen molar-refractivity contribution in [3.05, 3.63) is 18.1 Å². The first-order valence-corrected chi connectivity index (χ1v) is 6.44. The molecule has 1 aromatic rings. The quantitative estimate of drug-likeness (QED) is 0.587. The van der Waals surface area contributed by atoms with Gasteiger partial charge in [0.1, 0.15) is 5.69 Å². The summed E-state index contributed by atoms with van der Waals surface area (Å²) < 4.78 is 0. The second-order valence-electron chi connectivity index (χ2n) is 4.73. The van der Waals surface area contributed by atoms with Gasteiger partial charge < -0.3 is 10.3 Å². The van der Waals surface area contributed by atoms with Gasteiger partial charge in [-0.15, -0.1) is 0 Å². The summed E-state index contributed by atoms with van der Waals surface area (Å²) >= 11 is 0. The minimum Gasteiger partial charge on any atom is -0.334 e. The van der Waals surface area contributed by atoms with Gasteiger partial charge in [-0.1, -0.05) is 6.92 Å². The van der Waals surface area contributed by atoms with Gasteiger partial charge in [0.15, 0.2) is 5.82 Å². The molecule has 1 aliphatic rings. The molecule has 1 saturated heterocycles. The molecule has 1 unspecified atom stereocenters. The van der Waals surface area contributed by atoms with Crippen LogP contribution in [0.3, 0.4) is 0 Å². The Morgan fingerprint density at radius 2 is 2.26 bits per heavy atom. The number of piperazine rings is 1. The number of nitrogens with one attached hydrogen (secondary N) is 1. The van der Waals surface area contributed by atoms with Crippen LogP contribution in [-0.2, 0) is 0 Å². The highest BCUT2D eigenvalue weighted by atomic mass is 16.2. The average molecular weight is 264 g/mol. The summed E-state index contributed by atoms with van der Waals surface area (Å²) in [7, 11) is 2.09. The summed E-state index contributed by atoms with van der Waals surface area (Å²) in [5, 5.41) is 0. The van der Waals surface area contributed by atoms with E-state index < -0.39 is 0 Å². The van der Waals surface area contributed by atoms with E-state index in [0.29, 0.717) is 17.6 Å². The van der Waals surface area contributed by atoms with Crippen LogP contribution in [0.5, 0.6) is 0 Å². The molecule has 0 aliphatic carbocycles. The van der Waals surface area contributed by atoms with Gasteiger partial charge in [-0.25, -0.2) is 15.8 Å². The van der Waals surface area contributed by atoms with Crippen LogP contribution >= 0.6 is 0 Å². The Labute approximate surface area is 112 Å². The molecule has 0 bridgehead atoms. The zero-order valence-electron chi connectivity index (χ0n) is 11.3. The maximum Gasteiger partial charge on any atom is 0.274 e. The number of nitrogens with two attached hydrogens (primary N) is 1. The number of nitrogens with zero attached hydrogens (tertiary/aromatic N) is 4. The summed E-state index contributed by atoms with van der Waals surface area (Å²) in [5.74, 6) is 5.60. The number of hydrogen-bond acceptors (Lipinski definition) is 6. The zero-order valence-corrected chi connectivity index (χ0v) is 11.3. The van der Waals surface area contributed by atoms with E-state index in [9.17, 15) is 4.79 Å². The lowest BCUT2D eigenvalue weighted by Crippen LogP contribution is -2.53. The minimum absolute atomic E-state index is 0.0670. The molecule has 0 aromatic carbocycles. The van der Waals surface area contributed by atoms with Gasteiger partial charge in [0, 0.05) is 25.7 Å². The normalized spacial score (nSPS) is 20.4. The fraction of sp³-hybridized carbons (Fsp3) is 0.583. The maximum atomic E-state index is 12.3. The van der Waals surface area contributed by atoms with E-state index in [1.54, 1.807) is 0 Å². The lowest BCUT2D eigenvalue weighted by atomic mass is 10.1. The maximum absolute atomic E-state index is 12.3. The fourth-order valence-electron chi connectivity index (χ4n) is 2.25. The highest BCUT2D eigenvalue weighted by Crippen LogP contribution is 2.13. The minimum atomic E-state index is -0.0670. The smallest absolute Gasteiger partial charge is 0.274 e. The third-order valence-corrected chi connectivity index (χ3v) is 3.55. The van der Waals surface area contributed by atoms with Crippen LogP contribution in [-0.4, -0.2) is 58.4 Å². The van der Waals surface area contributed by atoms with E-state index in [-0.39, 0.29) is 5.91 Å². The Balaban J connectivity index is 2.06. The van der Waals surface area contributed by atoms with Crippen molar-refractivity contribution in [2.24, 2.45) is 5.84 Å². The van der Waals surface area contributed by atoms with Crippen molar-refractivity contribution >= 4 is 11.7 Å². The van der Waals surface area contributed by atoms with Gasteiger partial charge in [-0.3, -0.25) is 9.69 Å². The van der Waals surface area contributed by atoms with Crippen LogP contribution in [0.2, 0.25) is 0 Å². The number of amides is 1. The van der Waals surface area contributed by atoms with Crippen molar-refractivity contribution in [2.75, 3.05) is 32.1 Å². The molecule has 1 atom stereocenters. The van der Waals surface area contributed by atoms with Gasteiger partial charge in [-0.05, 0) is 13.5 Å². The summed E-state index contributed by atoms with van der Waals surface area (Å²) in [5.41, 5.74) is 2.75. The molecule has 19 heavy (non-hydrogen) atoms. The van der Waals surface area contributed by atoms with Crippen LogP contribution in [0.15, 0.2) is 12.4 Å². The number of anilines is 1. The Bertz CT molecular complexity index is 434. The summed E-state index contributed by atoms with van der Waals surface area (Å²) in [6.45, 7) is 4.49. The predicted octanol–water partition coefficient (Wildman–Crippen LogP) is -0.0716. The van der Waals surface area contributed by atoms with E-state index in [4.69, 9.17) is 5.84 Å². The fourth-order valence-corrected chi connectivity index (χ4v) is 2.25. The molecule has 1 aromatic heterocycles. The van der Waals surface area contributed by atoms with Crippen molar-refractivity contribution in [1.29, 1.82) is 0 Å². The van der Waals surface area contributed by atoms with Gasteiger partial charge >= 0.3 is 0 Å². The molecule has 7 heteroatoms. The van der Waals surface area contributed by atoms with E-state index in [1.807, 2.05) is 4.90 Å². The topological polar surface area (TPSA) is 87.4 Å². The first-order valence-electron chi connectivity index (χ1n) is 6.44.